The topological polar surface area (TPSA) is 57.9 Å². The maximum absolute atomic E-state index is 12.6. The van der Waals surface area contributed by atoms with Crippen molar-refractivity contribution in [2.24, 2.45) is 0 Å². The molecule has 0 fully saturated rings. The lowest BCUT2D eigenvalue weighted by atomic mass is 9.95. The molecule has 34 heavy (non-hydrogen) atoms. The second kappa shape index (κ2) is 9.61. The maximum Gasteiger partial charge on any atom is 0.343 e. The van der Waals surface area contributed by atoms with Gasteiger partial charge in [-0.25, -0.2) is 4.79 Å². The first-order chi connectivity index (χ1) is 16.1. The van der Waals surface area contributed by atoms with Crippen LogP contribution in [0.1, 0.15) is 15.9 Å². The number of hydrogen-bond donors (Lipinski definition) is 0. The molecule has 1 aromatic heterocycles. The fraction of sp³-hybridized carbons (Fsp3) is 0.185. The van der Waals surface area contributed by atoms with Gasteiger partial charge in [0.05, 0.1) is 37.8 Å². The Morgan fingerprint density at radius 1 is 0.853 bits per heavy atom. The third-order valence-corrected chi connectivity index (χ3v) is 6.00. The van der Waals surface area contributed by atoms with Crippen LogP contribution in [0.25, 0.3) is 22.0 Å². The van der Waals surface area contributed by atoms with E-state index in [4.69, 9.17) is 18.9 Å². The van der Waals surface area contributed by atoms with E-state index >= 15 is 0 Å². The van der Waals surface area contributed by atoms with Gasteiger partial charge >= 0.3 is 5.97 Å². The van der Waals surface area contributed by atoms with E-state index in [0.29, 0.717) is 22.8 Å². The number of carbonyl (C=O) groups excluding carboxylic acids is 1. The van der Waals surface area contributed by atoms with E-state index in [-0.39, 0.29) is 12.4 Å². The average Bonchev–Trinajstić information content (AvgIpc) is 2.86. The molecule has 174 valence electrons. The van der Waals surface area contributed by atoms with Gasteiger partial charge in [-0.2, -0.15) is 4.57 Å². The van der Waals surface area contributed by atoms with Crippen LogP contribution < -0.4 is 35.9 Å². The lowest BCUT2D eigenvalue weighted by molar-refractivity contribution is -0.686. The Hall–Kier alpha value is -3.77. The van der Waals surface area contributed by atoms with Gasteiger partial charge in [0.2, 0.25) is 5.69 Å². The van der Waals surface area contributed by atoms with E-state index in [1.165, 1.54) is 0 Å². The molecule has 7 heteroatoms. The summed E-state index contributed by atoms with van der Waals surface area (Å²) < 4.78 is 24.6. The summed E-state index contributed by atoms with van der Waals surface area (Å²) in [5, 5.41) is 2.04. The number of fused-ring (bicyclic) bond motifs is 4. The number of pyridine rings is 1. The summed E-state index contributed by atoms with van der Waals surface area (Å²) in [6.07, 6.45) is 2.90. The Labute approximate surface area is 204 Å². The number of aryl methyl sites for hydroxylation is 2. The predicted octanol–water partition coefficient (Wildman–Crippen LogP) is 1.60. The zero-order valence-corrected chi connectivity index (χ0v) is 19.9. The molecule has 1 aliphatic heterocycles. The highest BCUT2D eigenvalue weighted by Gasteiger charge is 2.28. The molecule has 0 N–H and O–H groups in total. The summed E-state index contributed by atoms with van der Waals surface area (Å²) in [6, 6.07) is 18.9. The van der Waals surface area contributed by atoms with Crippen LogP contribution in [0.15, 0.2) is 66.9 Å². The molecule has 0 spiro atoms. The molecule has 3 aromatic carbocycles. The van der Waals surface area contributed by atoms with Gasteiger partial charge < -0.3 is 31.4 Å². The van der Waals surface area contributed by atoms with Crippen LogP contribution >= 0.6 is 0 Å². The Morgan fingerprint density at radius 2 is 1.62 bits per heavy atom. The molecular weight excluding hydrogens is 454 g/mol. The van der Waals surface area contributed by atoms with Crippen molar-refractivity contribution in [3.05, 3.63) is 78.0 Å². The number of hydrogen-bond acceptors (Lipinski definition) is 5. The third-order valence-electron chi connectivity index (χ3n) is 6.00. The zero-order valence-electron chi connectivity index (χ0n) is 19.1. The number of halogens is 1. The molecule has 0 amide bonds. The van der Waals surface area contributed by atoms with Crippen LogP contribution in [0.2, 0.25) is 0 Å². The van der Waals surface area contributed by atoms with E-state index in [1.54, 1.807) is 33.5 Å². The van der Waals surface area contributed by atoms with E-state index < -0.39 is 5.97 Å². The molecule has 0 radical (unpaired) electrons. The quantitative estimate of drug-likeness (QED) is 0.248. The minimum Gasteiger partial charge on any atom is -1.00 e. The largest absolute Gasteiger partial charge is 1.00 e. The van der Waals surface area contributed by atoms with Crippen molar-refractivity contribution in [1.82, 2.24) is 0 Å². The lowest BCUT2D eigenvalue weighted by Crippen LogP contribution is -3.00. The fourth-order valence-corrected chi connectivity index (χ4v) is 4.36. The summed E-state index contributed by atoms with van der Waals surface area (Å²) in [7, 11) is 4.87. The van der Waals surface area contributed by atoms with Crippen LogP contribution in [-0.4, -0.2) is 27.3 Å². The highest BCUT2D eigenvalue weighted by atomic mass is 35.5. The van der Waals surface area contributed by atoms with Gasteiger partial charge in [0, 0.05) is 12.5 Å². The van der Waals surface area contributed by atoms with Gasteiger partial charge in [-0.15, -0.1) is 0 Å². The van der Waals surface area contributed by atoms with Crippen molar-refractivity contribution < 1.29 is 40.7 Å². The number of carbonyl (C=O) groups is 1. The van der Waals surface area contributed by atoms with Crippen LogP contribution in [0.5, 0.6) is 23.0 Å². The summed E-state index contributed by atoms with van der Waals surface area (Å²) in [5.74, 6) is 1.95. The lowest BCUT2D eigenvalue weighted by Gasteiger charge is -2.19. The number of rotatable bonds is 5. The summed E-state index contributed by atoms with van der Waals surface area (Å²) >= 11 is 0. The number of aromatic nitrogens is 1. The molecule has 4 aromatic rings. The van der Waals surface area contributed by atoms with Gasteiger partial charge in [-0.1, -0.05) is 18.2 Å². The minimum absolute atomic E-state index is 0. The molecule has 5 rings (SSSR count). The Kier molecular flexibility index (Phi) is 6.61. The molecule has 2 heterocycles. The molecule has 0 aliphatic carbocycles. The summed E-state index contributed by atoms with van der Waals surface area (Å²) in [4.78, 5) is 12.6. The van der Waals surface area contributed by atoms with Crippen molar-refractivity contribution >= 4 is 16.7 Å². The van der Waals surface area contributed by atoms with Crippen molar-refractivity contribution in [3.8, 4) is 34.3 Å². The summed E-state index contributed by atoms with van der Waals surface area (Å²) in [5.41, 5.74) is 3.71. The minimum atomic E-state index is -0.411. The average molecular weight is 478 g/mol. The van der Waals surface area contributed by atoms with Gasteiger partial charge in [-0.05, 0) is 47.3 Å². The first kappa shape index (κ1) is 23.4. The van der Waals surface area contributed by atoms with Gasteiger partial charge in [0.15, 0.2) is 35.7 Å². The van der Waals surface area contributed by atoms with E-state index in [2.05, 4.69) is 16.8 Å². The normalized spacial score (nSPS) is 11.6. The molecule has 0 bridgehead atoms. The zero-order chi connectivity index (χ0) is 22.9. The van der Waals surface area contributed by atoms with Gasteiger partial charge in [0.25, 0.3) is 0 Å². The first-order valence-corrected chi connectivity index (χ1v) is 10.7. The Bertz CT molecular complexity index is 1370. The van der Waals surface area contributed by atoms with Crippen molar-refractivity contribution in [3.63, 3.8) is 0 Å². The van der Waals surface area contributed by atoms with Crippen LogP contribution in [-0.2, 0) is 13.0 Å². The van der Waals surface area contributed by atoms with E-state index in [1.807, 2.05) is 42.5 Å². The molecule has 1 aliphatic rings. The molecule has 6 nitrogen and oxygen atoms in total. The first-order valence-electron chi connectivity index (χ1n) is 10.7. The highest BCUT2D eigenvalue weighted by Crippen LogP contribution is 2.40. The standard InChI is InChI=1S/C27H24NO5.ClH/c1-30-23-10-9-18-13-22-20-15-24(31-2)25(33-27(29)17-7-5-4-6-8-17)14-19(20)11-12-28(22)16-21(18)26(23)32-3;/h4-10,13-16H,11-12H2,1-3H3;1H/q+1;/p-1. The number of nitrogens with zero attached hydrogens (tertiary/aromatic N) is 1. The maximum atomic E-state index is 12.6. The van der Waals surface area contributed by atoms with Crippen molar-refractivity contribution in [2.75, 3.05) is 21.3 Å². The monoisotopic (exact) mass is 477 g/mol. The number of ether oxygens (including phenoxy) is 4. The van der Waals surface area contributed by atoms with E-state index in [0.717, 1.165) is 46.3 Å². The second-order valence-corrected chi connectivity index (χ2v) is 7.82. The highest BCUT2D eigenvalue weighted by molar-refractivity contribution is 5.93. The van der Waals surface area contributed by atoms with Crippen LogP contribution in [0.3, 0.4) is 0 Å². The second-order valence-electron chi connectivity index (χ2n) is 7.82. The fourth-order valence-electron chi connectivity index (χ4n) is 4.36. The van der Waals surface area contributed by atoms with Crippen molar-refractivity contribution in [2.45, 2.75) is 13.0 Å². The Morgan fingerprint density at radius 3 is 2.32 bits per heavy atom. The number of benzene rings is 3. The summed E-state index contributed by atoms with van der Waals surface area (Å²) in [6.45, 7) is 0.789. The van der Waals surface area contributed by atoms with Crippen molar-refractivity contribution in [1.29, 1.82) is 0 Å². The SMILES string of the molecule is COc1cc2c(cc1OC(=O)c1ccccc1)CC[n+]1cc3c(OC)c(OC)ccc3cc1-2.[Cl-]. The number of methoxy groups -OCH3 is 3. The van der Waals surface area contributed by atoms with Crippen LogP contribution in [0.4, 0.5) is 0 Å². The molecule has 0 atom stereocenters. The van der Waals surface area contributed by atoms with E-state index in [9.17, 15) is 4.79 Å². The molecular formula is C27H24ClNO5. The third kappa shape index (κ3) is 4.01. The number of esters is 1. The molecule has 0 saturated heterocycles. The molecule has 0 unspecified atom stereocenters. The Balaban J connectivity index is 0.00000274. The predicted molar refractivity (Wildman–Crippen MR) is 124 cm³/mol. The van der Waals surface area contributed by atoms with Crippen LogP contribution in [0, 0.1) is 0 Å². The van der Waals surface area contributed by atoms with Gasteiger partial charge in [0.1, 0.15) is 0 Å². The molecule has 0 saturated carbocycles. The van der Waals surface area contributed by atoms with Gasteiger partial charge in [-0.3, -0.25) is 0 Å². The smallest absolute Gasteiger partial charge is 0.343 e.